The number of hydrogen-bond donors (Lipinski definition) is 1. The molecule has 2 rings (SSSR count). The molecule has 1 heteroatoms. The second-order valence-electron chi connectivity index (χ2n) is 4.08. The first-order valence-electron chi connectivity index (χ1n) is 5.12. The molecule has 1 aliphatic heterocycles. The van der Waals surface area contributed by atoms with E-state index in [1.54, 1.807) is 0 Å². The number of nitrogens with one attached hydrogen (secondary N) is 1. The summed E-state index contributed by atoms with van der Waals surface area (Å²) in [5.74, 6) is 0. The molecule has 1 saturated heterocycles. The smallest absolute Gasteiger partial charge is 0.0406 e. The van der Waals surface area contributed by atoms with Crippen LogP contribution in [-0.4, -0.2) is 6.54 Å². The van der Waals surface area contributed by atoms with Gasteiger partial charge >= 0.3 is 0 Å². The van der Waals surface area contributed by atoms with Gasteiger partial charge in [0.05, 0.1) is 0 Å². The van der Waals surface area contributed by atoms with Crippen molar-refractivity contribution in [3.63, 3.8) is 0 Å². The Morgan fingerprint density at radius 3 is 2.54 bits per heavy atom. The summed E-state index contributed by atoms with van der Waals surface area (Å²) in [7, 11) is 0. The summed E-state index contributed by atoms with van der Waals surface area (Å²) in [6, 6.07) is 10.8. The van der Waals surface area contributed by atoms with Crippen LogP contribution >= 0.6 is 0 Å². The first kappa shape index (κ1) is 8.76. The summed E-state index contributed by atoms with van der Waals surface area (Å²) in [6.45, 7) is 3.47. The molecule has 1 nitrogen and oxygen atoms in total. The van der Waals surface area contributed by atoms with Crippen molar-refractivity contribution in [2.75, 3.05) is 6.54 Å². The van der Waals surface area contributed by atoms with Crippen molar-refractivity contribution in [3.8, 4) is 0 Å². The minimum atomic E-state index is 0.222. The van der Waals surface area contributed by atoms with E-state index in [0.29, 0.717) is 0 Å². The fraction of sp³-hybridized carbons (Fsp3) is 0.500. The molecule has 1 N–H and O–H groups in total. The molecule has 1 aromatic carbocycles. The minimum Gasteiger partial charge on any atom is -0.308 e. The van der Waals surface area contributed by atoms with Crippen LogP contribution in [0.4, 0.5) is 0 Å². The first-order valence-corrected chi connectivity index (χ1v) is 5.12. The van der Waals surface area contributed by atoms with Crippen LogP contribution in [0, 0.1) is 0 Å². The normalized spacial score (nSPS) is 28.7. The van der Waals surface area contributed by atoms with Crippen molar-refractivity contribution in [2.24, 2.45) is 0 Å². The molecule has 70 valence electrons. The third kappa shape index (κ3) is 1.75. The monoisotopic (exact) mass is 175 g/mol. The van der Waals surface area contributed by atoms with Crippen LogP contribution in [0.3, 0.4) is 0 Å². The quantitative estimate of drug-likeness (QED) is 0.692. The SMILES string of the molecule is C[C@@]1(c2ccccc2)CCCCN1. The Bertz CT molecular complexity index is 260. The molecule has 0 radical (unpaired) electrons. The van der Waals surface area contributed by atoms with Gasteiger partial charge in [-0.3, -0.25) is 0 Å². The van der Waals surface area contributed by atoms with Gasteiger partial charge in [0.1, 0.15) is 0 Å². The summed E-state index contributed by atoms with van der Waals surface area (Å²) < 4.78 is 0. The van der Waals surface area contributed by atoms with Crippen LogP contribution in [0.25, 0.3) is 0 Å². The van der Waals surface area contributed by atoms with Crippen LogP contribution in [-0.2, 0) is 5.54 Å². The summed E-state index contributed by atoms with van der Waals surface area (Å²) in [5, 5.41) is 3.61. The topological polar surface area (TPSA) is 12.0 Å². The molecule has 0 aromatic heterocycles. The lowest BCUT2D eigenvalue weighted by molar-refractivity contribution is 0.283. The van der Waals surface area contributed by atoms with Gasteiger partial charge in [-0.1, -0.05) is 36.8 Å². The van der Waals surface area contributed by atoms with Crippen LogP contribution < -0.4 is 5.32 Å². The lowest BCUT2D eigenvalue weighted by atomic mass is 9.84. The highest BCUT2D eigenvalue weighted by Gasteiger charge is 2.27. The molecule has 1 aliphatic rings. The van der Waals surface area contributed by atoms with Crippen molar-refractivity contribution in [1.82, 2.24) is 5.32 Å². The molecule has 0 saturated carbocycles. The van der Waals surface area contributed by atoms with Crippen molar-refractivity contribution in [1.29, 1.82) is 0 Å². The Hall–Kier alpha value is -0.820. The maximum absolute atomic E-state index is 3.61. The molecule has 0 aliphatic carbocycles. The van der Waals surface area contributed by atoms with Gasteiger partial charge in [-0.05, 0) is 31.9 Å². The Morgan fingerprint density at radius 1 is 1.15 bits per heavy atom. The third-order valence-corrected chi connectivity index (χ3v) is 3.03. The van der Waals surface area contributed by atoms with Gasteiger partial charge in [0.2, 0.25) is 0 Å². The van der Waals surface area contributed by atoms with E-state index in [0.717, 1.165) is 6.54 Å². The lowest BCUT2D eigenvalue weighted by Crippen LogP contribution is -2.43. The maximum Gasteiger partial charge on any atom is 0.0406 e. The van der Waals surface area contributed by atoms with E-state index in [1.807, 2.05) is 0 Å². The lowest BCUT2D eigenvalue weighted by Gasteiger charge is -2.35. The van der Waals surface area contributed by atoms with Crippen molar-refractivity contribution < 1.29 is 0 Å². The summed E-state index contributed by atoms with van der Waals surface area (Å²) in [5.41, 5.74) is 1.65. The zero-order chi connectivity index (χ0) is 9.15. The average molecular weight is 175 g/mol. The fourth-order valence-corrected chi connectivity index (χ4v) is 2.11. The highest BCUT2D eigenvalue weighted by atomic mass is 15.0. The van der Waals surface area contributed by atoms with Crippen LogP contribution in [0.1, 0.15) is 31.7 Å². The van der Waals surface area contributed by atoms with E-state index in [4.69, 9.17) is 0 Å². The Balaban J connectivity index is 2.23. The van der Waals surface area contributed by atoms with Crippen LogP contribution in [0.5, 0.6) is 0 Å². The van der Waals surface area contributed by atoms with E-state index in [-0.39, 0.29) is 5.54 Å². The average Bonchev–Trinajstić information content (AvgIpc) is 2.20. The predicted octanol–water partition coefficient (Wildman–Crippen LogP) is 2.68. The molecule has 0 unspecified atom stereocenters. The zero-order valence-electron chi connectivity index (χ0n) is 8.22. The summed E-state index contributed by atoms with van der Waals surface area (Å²) in [4.78, 5) is 0. The van der Waals surface area contributed by atoms with Crippen molar-refractivity contribution in [2.45, 2.75) is 31.7 Å². The molecule has 1 atom stereocenters. The number of hydrogen-bond acceptors (Lipinski definition) is 1. The molecule has 0 spiro atoms. The highest BCUT2D eigenvalue weighted by Crippen LogP contribution is 2.29. The van der Waals surface area contributed by atoms with E-state index in [9.17, 15) is 0 Å². The molecule has 0 amide bonds. The van der Waals surface area contributed by atoms with E-state index in [2.05, 4.69) is 42.6 Å². The standard InChI is InChI=1S/C12H17N/c1-12(9-5-6-10-13-12)11-7-3-2-4-8-11/h2-4,7-8,13H,5-6,9-10H2,1H3/t12-/m0/s1. The van der Waals surface area contributed by atoms with Gasteiger partial charge in [0.15, 0.2) is 0 Å². The summed E-state index contributed by atoms with van der Waals surface area (Å²) in [6.07, 6.45) is 3.93. The van der Waals surface area contributed by atoms with E-state index in [1.165, 1.54) is 24.8 Å². The number of piperidine rings is 1. The Morgan fingerprint density at radius 2 is 1.92 bits per heavy atom. The fourth-order valence-electron chi connectivity index (χ4n) is 2.11. The third-order valence-electron chi connectivity index (χ3n) is 3.03. The van der Waals surface area contributed by atoms with Crippen molar-refractivity contribution >= 4 is 0 Å². The summed E-state index contributed by atoms with van der Waals surface area (Å²) >= 11 is 0. The van der Waals surface area contributed by atoms with Gasteiger partial charge in [0, 0.05) is 5.54 Å². The van der Waals surface area contributed by atoms with Crippen LogP contribution in [0.2, 0.25) is 0 Å². The molecule has 0 bridgehead atoms. The highest BCUT2D eigenvalue weighted by molar-refractivity contribution is 5.23. The number of benzene rings is 1. The molecular weight excluding hydrogens is 158 g/mol. The second kappa shape index (κ2) is 3.51. The van der Waals surface area contributed by atoms with Gasteiger partial charge in [-0.2, -0.15) is 0 Å². The second-order valence-corrected chi connectivity index (χ2v) is 4.08. The van der Waals surface area contributed by atoms with E-state index < -0.39 is 0 Å². The molecular formula is C12H17N. The molecule has 13 heavy (non-hydrogen) atoms. The van der Waals surface area contributed by atoms with Crippen LogP contribution in [0.15, 0.2) is 30.3 Å². The van der Waals surface area contributed by atoms with Gasteiger partial charge in [0.25, 0.3) is 0 Å². The van der Waals surface area contributed by atoms with Gasteiger partial charge in [-0.25, -0.2) is 0 Å². The minimum absolute atomic E-state index is 0.222. The molecule has 1 fully saturated rings. The largest absolute Gasteiger partial charge is 0.308 e. The first-order chi connectivity index (χ1) is 6.31. The molecule has 1 aromatic rings. The molecule has 1 heterocycles. The number of rotatable bonds is 1. The maximum atomic E-state index is 3.61. The van der Waals surface area contributed by atoms with Gasteiger partial charge in [-0.15, -0.1) is 0 Å². The predicted molar refractivity (Wildman–Crippen MR) is 55.6 cm³/mol. The van der Waals surface area contributed by atoms with E-state index >= 15 is 0 Å². The Kier molecular flexibility index (Phi) is 2.36. The Labute approximate surface area is 80.2 Å². The zero-order valence-corrected chi connectivity index (χ0v) is 8.22. The van der Waals surface area contributed by atoms with Crippen molar-refractivity contribution in [3.05, 3.63) is 35.9 Å². The van der Waals surface area contributed by atoms with Gasteiger partial charge < -0.3 is 5.32 Å².